The highest BCUT2D eigenvalue weighted by atomic mass is 16.5. The fraction of sp³-hybridized carbons (Fsp3) is 0.579. The van der Waals surface area contributed by atoms with Crippen LogP contribution in [-0.4, -0.2) is 32.8 Å². The molecule has 0 unspecified atom stereocenters. The summed E-state index contributed by atoms with van der Waals surface area (Å²) in [6, 6.07) is 5.96. The molecule has 5 nitrogen and oxygen atoms in total. The van der Waals surface area contributed by atoms with Crippen LogP contribution in [0.3, 0.4) is 0 Å². The first-order valence-corrected chi connectivity index (χ1v) is 8.49. The molecule has 5 heteroatoms. The number of carbonyl (C=O) groups is 2. The van der Waals surface area contributed by atoms with Crippen LogP contribution in [0, 0.1) is 0 Å². The highest BCUT2D eigenvalue weighted by molar-refractivity contribution is 5.70. The summed E-state index contributed by atoms with van der Waals surface area (Å²) in [6.45, 7) is 2.21. The standard InChI is InChI=1S/C19H28O5/c1-4-24-19(21)14-13-16-15(10-8-11-17(16)22-2)9-6-5-7-12-18(20)23-3/h8,10-11H,4-7,9,12-14H2,1-3H3. The Kier molecular flexibility index (Phi) is 9.58. The molecule has 0 radical (unpaired) electrons. The van der Waals surface area contributed by atoms with Crippen molar-refractivity contribution in [2.45, 2.75) is 51.9 Å². The predicted molar refractivity (Wildman–Crippen MR) is 92.1 cm³/mol. The molecular formula is C19H28O5. The Morgan fingerprint density at radius 2 is 1.75 bits per heavy atom. The third-order valence-corrected chi connectivity index (χ3v) is 3.89. The number of methoxy groups -OCH3 is 2. The summed E-state index contributed by atoms with van der Waals surface area (Å²) < 4.78 is 15.1. The molecule has 0 heterocycles. The fourth-order valence-corrected chi connectivity index (χ4v) is 2.64. The van der Waals surface area contributed by atoms with E-state index in [0.29, 0.717) is 25.9 Å². The minimum atomic E-state index is -0.188. The van der Waals surface area contributed by atoms with Gasteiger partial charge in [-0.3, -0.25) is 9.59 Å². The van der Waals surface area contributed by atoms with Gasteiger partial charge in [0.05, 0.1) is 20.8 Å². The topological polar surface area (TPSA) is 61.8 Å². The molecule has 1 aromatic carbocycles. The maximum absolute atomic E-state index is 11.6. The second-order valence-electron chi connectivity index (χ2n) is 5.54. The van der Waals surface area contributed by atoms with Gasteiger partial charge in [0.2, 0.25) is 0 Å². The lowest BCUT2D eigenvalue weighted by molar-refractivity contribution is -0.143. The van der Waals surface area contributed by atoms with E-state index in [4.69, 9.17) is 9.47 Å². The van der Waals surface area contributed by atoms with Crippen molar-refractivity contribution in [1.29, 1.82) is 0 Å². The first-order chi connectivity index (χ1) is 11.6. The zero-order chi connectivity index (χ0) is 17.8. The first-order valence-electron chi connectivity index (χ1n) is 8.49. The van der Waals surface area contributed by atoms with E-state index in [1.807, 2.05) is 12.1 Å². The van der Waals surface area contributed by atoms with E-state index >= 15 is 0 Å². The molecule has 1 aromatic rings. The van der Waals surface area contributed by atoms with E-state index in [0.717, 1.165) is 37.0 Å². The number of hydrogen-bond acceptors (Lipinski definition) is 5. The summed E-state index contributed by atoms with van der Waals surface area (Å²) in [4.78, 5) is 22.7. The number of esters is 2. The van der Waals surface area contributed by atoms with Crippen molar-refractivity contribution >= 4 is 11.9 Å². The quantitative estimate of drug-likeness (QED) is 0.457. The summed E-state index contributed by atoms with van der Waals surface area (Å²) in [5, 5.41) is 0. The van der Waals surface area contributed by atoms with Gasteiger partial charge in [-0.2, -0.15) is 0 Å². The molecule has 0 spiro atoms. The monoisotopic (exact) mass is 336 g/mol. The lowest BCUT2D eigenvalue weighted by atomic mass is 9.97. The van der Waals surface area contributed by atoms with Gasteiger partial charge in [0.25, 0.3) is 0 Å². The Hall–Kier alpha value is -2.04. The van der Waals surface area contributed by atoms with Crippen molar-refractivity contribution in [1.82, 2.24) is 0 Å². The minimum Gasteiger partial charge on any atom is -0.496 e. The second kappa shape index (κ2) is 11.5. The Morgan fingerprint density at radius 3 is 2.42 bits per heavy atom. The number of benzene rings is 1. The van der Waals surface area contributed by atoms with Crippen LogP contribution in [0.5, 0.6) is 5.75 Å². The van der Waals surface area contributed by atoms with Gasteiger partial charge < -0.3 is 14.2 Å². The van der Waals surface area contributed by atoms with E-state index in [1.165, 1.54) is 12.7 Å². The smallest absolute Gasteiger partial charge is 0.306 e. The molecule has 0 aromatic heterocycles. The average Bonchev–Trinajstić information content (AvgIpc) is 2.59. The maximum atomic E-state index is 11.6. The number of ether oxygens (including phenoxy) is 3. The number of aryl methyl sites for hydroxylation is 1. The van der Waals surface area contributed by atoms with Gasteiger partial charge in [-0.15, -0.1) is 0 Å². The summed E-state index contributed by atoms with van der Waals surface area (Å²) in [5.41, 5.74) is 2.26. The second-order valence-corrected chi connectivity index (χ2v) is 5.54. The van der Waals surface area contributed by atoms with Crippen molar-refractivity contribution in [2.75, 3.05) is 20.8 Å². The zero-order valence-electron chi connectivity index (χ0n) is 14.9. The summed E-state index contributed by atoms with van der Waals surface area (Å²) in [7, 11) is 3.05. The average molecular weight is 336 g/mol. The Balaban J connectivity index is 2.58. The van der Waals surface area contributed by atoms with Crippen LogP contribution >= 0.6 is 0 Å². The summed E-state index contributed by atoms with van der Waals surface area (Å²) >= 11 is 0. The van der Waals surface area contributed by atoms with E-state index < -0.39 is 0 Å². The molecular weight excluding hydrogens is 308 g/mol. The highest BCUT2D eigenvalue weighted by Gasteiger charge is 2.12. The van der Waals surface area contributed by atoms with Crippen LogP contribution in [0.25, 0.3) is 0 Å². The van der Waals surface area contributed by atoms with Gasteiger partial charge in [-0.1, -0.05) is 18.6 Å². The normalized spacial score (nSPS) is 10.3. The molecule has 0 amide bonds. The summed E-state index contributed by atoms with van der Waals surface area (Å²) in [6.07, 6.45) is 5.10. The van der Waals surface area contributed by atoms with E-state index in [2.05, 4.69) is 10.8 Å². The molecule has 0 N–H and O–H groups in total. The van der Waals surface area contributed by atoms with Crippen LogP contribution in [0.2, 0.25) is 0 Å². The van der Waals surface area contributed by atoms with Crippen molar-refractivity contribution < 1.29 is 23.8 Å². The van der Waals surface area contributed by atoms with Gasteiger partial charge >= 0.3 is 11.9 Å². The Bertz CT molecular complexity index is 524. The molecule has 134 valence electrons. The van der Waals surface area contributed by atoms with Crippen LogP contribution in [0.15, 0.2) is 18.2 Å². The van der Waals surface area contributed by atoms with E-state index in [1.54, 1.807) is 14.0 Å². The molecule has 1 rings (SSSR count). The Labute approximate surface area is 144 Å². The lowest BCUT2D eigenvalue weighted by Gasteiger charge is -2.14. The molecule has 24 heavy (non-hydrogen) atoms. The summed E-state index contributed by atoms with van der Waals surface area (Å²) in [5.74, 6) is 0.463. The third kappa shape index (κ3) is 7.02. The van der Waals surface area contributed by atoms with Crippen molar-refractivity contribution in [3.63, 3.8) is 0 Å². The molecule has 0 aliphatic heterocycles. The van der Waals surface area contributed by atoms with E-state index in [9.17, 15) is 9.59 Å². The molecule has 0 fully saturated rings. The van der Waals surface area contributed by atoms with Gasteiger partial charge in [0, 0.05) is 12.8 Å². The predicted octanol–water partition coefficient (Wildman–Crippen LogP) is 3.47. The van der Waals surface area contributed by atoms with Gasteiger partial charge in [0.1, 0.15) is 5.75 Å². The highest BCUT2D eigenvalue weighted by Crippen LogP contribution is 2.25. The lowest BCUT2D eigenvalue weighted by Crippen LogP contribution is -2.07. The molecule has 0 aliphatic carbocycles. The first kappa shape index (κ1) is 20.0. The zero-order valence-corrected chi connectivity index (χ0v) is 14.9. The molecule has 0 saturated carbocycles. The number of rotatable bonds is 11. The molecule has 0 aliphatic rings. The van der Waals surface area contributed by atoms with Crippen LogP contribution in [0.1, 0.15) is 50.2 Å². The van der Waals surface area contributed by atoms with E-state index in [-0.39, 0.29) is 11.9 Å². The Morgan fingerprint density at radius 1 is 0.958 bits per heavy atom. The van der Waals surface area contributed by atoms with Crippen molar-refractivity contribution in [2.24, 2.45) is 0 Å². The van der Waals surface area contributed by atoms with Crippen molar-refractivity contribution in [3.05, 3.63) is 29.3 Å². The van der Waals surface area contributed by atoms with Gasteiger partial charge in [-0.25, -0.2) is 0 Å². The maximum Gasteiger partial charge on any atom is 0.306 e. The van der Waals surface area contributed by atoms with Crippen LogP contribution < -0.4 is 4.74 Å². The molecule has 0 bridgehead atoms. The largest absolute Gasteiger partial charge is 0.496 e. The molecule has 0 saturated heterocycles. The molecule has 0 atom stereocenters. The third-order valence-electron chi connectivity index (χ3n) is 3.89. The fourth-order valence-electron chi connectivity index (χ4n) is 2.64. The van der Waals surface area contributed by atoms with Crippen LogP contribution in [0.4, 0.5) is 0 Å². The SMILES string of the molecule is CCOC(=O)CCc1c(CCCCCC(=O)OC)cccc1OC. The minimum absolute atomic E-state index is 0.161. The van der Waals surface area contributed by atoms with Gasteiger partial charge in [0.15, 0.2) is 0 Å². The van der Waals surface area contributed by atoms with Crippen LogP contribution in [-0.2, 0) is 31.9 Å². The van der Waals surface area contributed by atoms with Crippen molar-refractivity contribution in [3.8, 4) is 5.75 Å². The van der Waals surface area contributed by atoms with Gasteiger partial charge in [-0.05, 0) is 49.8 Å². The number of unbranched alkanes of at least 4 members (excludes halogenated alkanes) is 2. The number of carbonyl (C=O) groups excluding carboxylic acids is 2. The number of hydrogen-bond donors (Lipinski definition) is 0.